The van der Waals surface area contributed by atoms with Crippen molar-refractivity contribution in [2.24, 2.45) is 12.0 Å². The van der Waals surface area contributed by atoms with Gasteiger partial charge in [-0.1, -0.05) is 0 Å². The Kier molecular flexibility index (Phi) is 9.64. The lowest BCUT2D eigenvalue weighted by atomic mass is 10.2. The Morgan fingerprint density at radius 1 is 1.26 bits per heavy atom. The molecule has 2 fully saturated rings. The largest absolute Gasteiger partial charge is 0.356 e. The van der Waals surface area contributed by atoms with E-state index in [9.17, 15) is 0 Å². The van der Waals surface area contributed by atoms with Gasteiger partial charge < -0.3 is 14.8 Å². The molecule has 27 heavy (non-hydrogen) atoms. The zero-order valence-electron chi connectivity index (χ0n) is 16.9. The van der Waals surface area contributed by atoms with Crippen LogP contribution in [-0.4, -0.2) is 81.3 Å². The molecule has 0 radical (unpaired) electrons. The molecule has 1 N–H and O–H groups in total. The highest BCUT2D eigenvalue weighted by molar-refractivity contribution is 14.0. The van der Waals surface area contributed by atoms with Crippen molar-refractivity contribution in [1.29, 1.82) is 0 Å². The van der Waals surface area contributed by atoms with E-state index in [1.807, 2.05) is 30.3 Å². The fourth-order valence-electron chi connectivity index (χ4n) is 3.76. The second kappa shape index (κ2) is 11.5. The second-order valence-corrected chi connectivity index (χ2v) is 8.25. The number of nitrogens with one attached hydrogen (secondary N) is 1. The Morgan fingerprint density at radius 2 is 2.04 bits per heavy atom. The first-order chi connectivity index (χ1) is 12.7. The predicted molar refractivity (Wildman–Crippen MR) is 124 cm³/mol. The van der Waals surface area contributed by atoms with Gasteiger partial charge in [0, 0.05) is 32.7 Å². The molecule has 1 atom stereocenters. The first-order valence-electron chi connectivity index (χ1n) is 9.80. The van der Waals surface area contributed by atoms with Gasteiger partial charge in [0.25, 0.3) is 0 Å². The minimum atomic E-state index is 0. The molecule has 0 aliphatic carbocycles. The third-order valence-corrected chi connectivity index (χ3v) is 6.18. The van der Waals surface area contributed by atoms with Crippen molar-refractivity contribution in [1.82, 2.24) is 29.9 Å². The molecule has 1 aromatic heterocycles. The van der Waals surface area contributed by atoms with Crippen LogP contribution in [-0.2, 0) is 13.6 Å². The summed E-state index contributed by atoms with van der Waals surface area (Å²) in [6.07, 6.45) is 7.28. The molecule has 2 aliphatic rings. The topological polar surface area (TPSA) is 61.6 Å². The van der Waals surface area contributed by atoms with Crippen LogP contribution in [0.2, 0.25) is 0 Å². The Labute approximate surface area is 184 Å². The van der Waals surface area contributed by atoms with Crippen LogP contribution in [0.25, 0.3) is 0 Å². The van der Waals surface area contributed by atoms with E-state index < -0.39 is 0 Å². The van der Waals surface area contributed by atoms with Gasteiger partial charge in [0.1, 0.15) is 12.4 Å². The van der Waals surface area contributed by atoms with E-state index in [0.29, 0.717) is 12.6 Å². The molecule has 0 saturated carbocycles. The van der Waals surface area contributed by atoms with Crippen LogP contribution < -0.4 is 5.32 Å². The number of rotatable bonds is 7. The maximum Gasteiger partial charge on any atom is 0.194 e. The van der Waals surface area contributed by atoms with Crippen molar-refractivity contribution >= 4 is 41.7 Å². The van der Waals surface area contributed by atoms with Crippen LogP contribution >= 0.6 is 35.7 Å². The van der Waals surface area contributed by atoms with Crippen molar-refractivity contribution in [2.75, 3.05) is 44.7 Å². The highest BCUT2D eigenvalue weighted by Crippen LogP contribution is 2.20. The van der Waals surface area contributed by atoms with Crippen LogP contribution in [0.15, 0.2) is 4.99 Å². The van der Waals surface area contributed by atoms with E-state index in [0.717, 1.165) is 43.7 Å². The number of hydrogen-bond acceptors (Lipinski definition) is 5. The number of halogens is 1. The van der Waals surface area contributed by atoms with Gasteiger partial charge in [-0.05, 0) is 57.7 Å². The fraction of sp³-hybridized carbons (Fsp3) is 0.833. The van der Waals surface area contributed by atoms with Gasteiger partial charge in [0.05, 0.1) is 0 Å². The Hall–Kier alpha value is -0.550. The SMILES string of the molecule is CSCCCNC(=NCc1nnc(C)n1C)N1CCC(N2CCCC2)C1.I. The van der Waals surface area contributed by atoms with E-state index >= 15 is 0 Å². The number of hydrogen-bond donors (Lipinski definition) is 1. The molecule has 3 heterocycles. The zero-order chi connectivity index (χ0) is 18.4. The molecule has 1 aromatic rings. The summed E-state index contributed by atoms with van der Waals surface area (Å²) >= 11 is 1.90. The predicted octanol–water partition coefficient (Wildman–Crippen LogP) is 2.11. The molecule has 0 aromatic carbocycles. The Morgan fingerprint density at radius 3 is 2.70 bits per heavy atom. The summed E-state index contributed by atoms with van der Waals surface area (Å²) in [5.41, 5.74) is 0. The quantitative estimate of drug-likeness (QED) is 0.264. The molecule has 2 saturated heterocycles. The van der Waals surface area contributed by atoms with Crippen molar-refractivity contribution in [3.05, 3.63) is 11.6 Å². The normalized spacial score (nSPS) is 20.9. The number of likely N-dealkylation sites (tertiary alicyclic amines) is 2. The molecule has 0 spiro atoms. The fourth-order valence-corrected chi connectivity index (χ4v) is 4.19. The van der Waals surface area contributed by atoms with Crippen molar-refractivity contribution in [2.45, 2.75) is 45.2 Å². The lowest BCUT2D eigenvalue weighted by Crippen LogP contribution is -2.43. The summed E-state index contributed by atoms with van der Waals surface area (Å²) in [5.74, 6) is 4.06. The van der Waals surface area contributed by atoms with E-state index in [1.165, 1.54) is 38.1 Å². The second-order valence-electron chi connectivity index (χ2n) is 7.27. The monoisotopic (exact) mass is 507 g/mol. The van der Waals surface area contributed by atoms with Gasteiger partial charge in [0.15, 0.2) is 11.8 Å². The van der Waals surface area contributed by atoms with Crippen LogP contribution in [0.1, 0.15) is 37.3 Å². The number of aliphatic imine (C=N–C) groups is 1. The van der Waals surface area contributed by atoms with Crippen LogP contribution in [0.5, 0.6) is 0 Å². The Balaban J connectivity index is 0.00000261. The molecule has 0 amide bonds. The van der Waals surface area contributed by atoms with Gasteiger partial charge in [-0.3, -0.25) is 4.90 Å². The van der Waals surface area contributed by atoms with E-state index in [2.05, 4.69) is 31.6 Å². The lowest BCUT2D eigenvalue weighted by Gasteiger charge is -2.25. The third-order valence-electron chi connectivity index (χ3n) is 5.48. The number of thioether (sulfide) groups is 1. The third kappa shape index (κ3) is 6.22. The number of aromatic nitrogens is 3. The number of nitrogens with zero attached hydrogens (tertiary/aromatic N) is 6. The lowest BCUT2D eigenvalue weighted by molar-refractivity contribution is 0.249. The maximum absolute atomic E-state index is 4.89. The highest BCUT2D eigenvalue weighted by Gasteiger charge is 2.30. The van der Waals surface area contributed by atoms with Crippen molar-refractivity contribution < 1.29 is 0 Å². The van der Waals surface area contributed by atoms with Crippen LogP contribution in [0, 0.1) is 6.92 Å². The van der Waals surface area contributed by atoms with Crippen LogP contribution in [0.4, 0.5) is 0 Å². The molecule has 9 heteroatoms. The molecular formula is C18H34IN7S. The molecule has 0 bridgehead atoms. The zero-order valence-corrected chi connectivity index (χ0v) is 20.0. The smallest absolute Gasteiger partial charge is 0.194 e. The summed E-state index contributed by atoms with van der Waals surface area (Å²) in [4.78, 5) is 9.99. The first-order valence-corrected chi connectivity index (χ1v) is 11.2. The molecule has 7 nitrogen and oxygen atoms in total. The average molecular weight is 507 g/mol. The van der Waals surface area contributed by atoms with E-state index in [-0.39, 0.29) is 24.0 Å². The van der Waals surface area contributed by atoms with Gasteiger partial charge in [-0.15, -0.1) is 34.2 Å². The minimum absolute atomic E-state index is 0. The number of aryl methyl sites for hydroxylation is 1. The maximum atomic E-state index is 4.89. The highest BCUT2D eigenvalue weighted by atomic mass is 127. The van der Waals surface area contributed by atoms with Gasteiger partial charge in [0.2, 0.25) is 0 Å². The van der Waals surface area contributed by atoms with Gasteiger partial charge in [-0.25, -0.2) is 4.99 Å². The first kappa shape index (κ1) is 22.7. The van der Waals surface area contributed by atoms with Crippen LogP contribution in [0.3, 0.4) is 0 Å². The average Bonchev–Trinajstić information content (AvgIpc) is 3.38. The standard InChI is InChI=1S/C18H33N7S.HI/c1-15-21-22-17(23(15)2)13-20-18(19-8-6-12-26-3)25-11-7-16(14-25)24-9-4-5-10-24;/h16H,4-14H2,1-3H3,(H,19,20);1H. The van der Waals surface area contributed by atoms with Gasteiger partial charge in [-0.2, -0.15) is 11.8 Å². The summed E-state index contributed by atoms with van der Waals surface area (Å²) in [5, 5.41) is 12.0. The van der Waals surface area contributed by atoms with E-state index in [4.69, 9.17) is 4.99 Å². The van der Waals surface area contributed by atoms with Crippen molar-refractivity contribution in [3.63, 3.8) is 0 Å². The van der Waals surface area contributed by atoms with Gasteiger partial charge >= 0.3 is 0 Å². The molecule has 2 aliphatic heterocycles. The molecular weight excluding hydrogens is 473 g/mol. The summed E-state index contributed by atoms with van der Waals surface area (Å²) < 4.78 is 2.02. The van der Waals surface area contributed by atoms with E-state index in [1.54, 1.807) is 0 Å². The van der Waals surface area contributed by atoms with Crippen molar-refractivity contribution in [3.8, 4) is 0 Å². The Bertz CT molecular complexity index is 601. The summed E-state index contributed by atoms with van der Waals surface area (Å²) in [7, 11) is 2.00. The summed E-state index contributed by atoms with van der Waals surface area (Å²) in [6, 6.07) is 0.688. The molecule has 154 valence electrons. The molecule has 3 rings (SSSR count). The summed E-state index contributed by atoms with van der Waals surface area (Å²) in [6.45, 7) is 8.24. The molecule has 1 unspecified atom stereocenters. The number of guanidine groups is 1. The minimum Gasteiger partial charge on any atom is -0.356 e.